The quantitative estimate of drug-likeness (QED) is 0.543. The van der Waals surface area contributed by atoms with Gasteiger partial charge in [-0.25, -0.2) is 4.98 Å². The Labute approximate surface area is 86.5 Å². The van der Waals surface area contributed by atoms with Gasteiger partial charge in [-0.2, -0.15) is 0 Å². The molecule has 0 spiro atoms. The average Bonchev–Trinajstić information content (AvgIpc) is 2.64. The highest BCUT2D eigenvalue weighted by Gasteiger charge is 2.26. The van der Waals surface area contributed by atoms with Crippen molar-refractivity contribution in [2.75, 3.05) is 13.1 Å². The summed E-state index contributed by atoms with van der Waals surface area (Å²) in [6, 6.07) is -0.517. The Balaban J connectivity index is 2.10. The van der Waals surface area contributed by atoms with E-state index in [9.17, 15) is 9.59 Å². The molecule has 1 aromatic heterocycles. The molecule has 1 fully saturated rings. The van der Waals surface area contributed by atoms with Gasteiger partial charge < -0.3 is 15.6 Å². The van der Waals surface area contributed by atoms with Crippen LogP contribution in [0.15, 0.2) is 6.20 Å². The van der Waals surface area contributed by atoms with Crippen LogP contribution in [0.4, 0.5) is 0 Å². The van der Waals surface area contributed by atoms with Gasteiger partial charge in [-0.05, 0) is 6.92 Å². The third-order valence-corrected chi connectivity index (χ3v) is 2.22. The minimum Gasteiger partial charge on any atom is -0.343 e. The van der Waals surface area contributed by atoms with E-state index in [2.05, 4.69) is 20.6 Å². The maximum absolute atomic E-state index is 11.8. The maximum atomic E-state index is 11.8. The first-order valence-corrected chi connectivity index (χ1v) is 4.72. The summed E-state index contributed by atoms with van der Waals surface area (Å²) in [7, 11) is 0. The Morgan fingerprint density at radius 3 is 3.00 bits per heavy atom. The fraction of sp³-hybridized carbons (Fsp3) is 0.444. The normalized spacial score (nSPS) is 21.1. The largest absolute Gasteiger partial charge is 0.343 e. The van der Waals surface area contributed by atoms with Crippen molar-refractivity contribution in [2.24, 2.45) is 0 Å². The third kappa shape index (κ3) is 2.04. The fourth-order valence-corrected chi connectivity index (χ4v) is 1.49. The molecule has 1 unspecified atom stereocenters. The van der Waals surface area contributed by atoms with Crippen molar-refractivity contribution in [3.63, 3.8) is 0 Å². The van der Waals surface area contributed by atoms with Crippen LogP contribution in [-0.2, 0) is 4.79 Å². The number of H-pyrrole nitrogens is 1. The number of carbonyl (C=O) groups is 2. The number of hydrogen-bond donors (Lipinski definition) is 3. The summed E-state index contributed by atoms with van der Waals surface area (Å²) < 4.78 is 0. The van der Waals surface area contributed by atoms with Crippen molar-refractivity contribution >= 4 is 11.7 Å². The number of ketones is 1. The van der Waals surface area contributed by atoms with Crippen molar-refractivity contribution in [1.82, 2.24) is 20.6 Å². The monoisotopic (exact) mass is 208 g/mol. The molecule has 80 valence electrons. The predicted molar refractivity (Wildman–Crippen MR) is 52.5 cm³/mol. The second-order valence-corrected chi connectivity index (χ2v) is 3.53. The van der Waals surface area contributed by atoms with E-state index in [0.717, 1.165) is 5.69 Å². The minimum absolute atomic E-state index is 0.164. The number of aromatic amines is 1. The van der Waals surface area contributed by atoms with Crippen molar-refractivity contribution in [1.29, 1.82) is 0 Å². The Morgan fingerprint density at radius 1 is 1.60 bits per heavy atom. The van der Waals surface area contributed by atoms with Crippen LogP contribution in [0.5, 0.6) is 0 Å². The van der Waals surface area contributed by atoms with Crippen LogP contribution >= 0.6 is 0 Å². The molecular weight excluding hydrogens is 196 g/mol. The number of carbonyl (C=O) groups excluding carboxylic acids is 2. The highest BCUT2D eigenvalue weighted by molar-refractivity contribution is 6.00. The molecule has 0 radical (unpaired) electrons. The van der Waals surface area contributed by atoms with Crippen LogP contribution in [0, 0.1) is 6.92 Å². The Hall–Kier alpha value is -1.69. The zero-order valence-electron chi connectivity index (χ0n) is 8.33. The molecule has 1 aliphatic heterocycles. The van der Waals surface area contributed by atoms with Crippen molar-refractivity contribution in [2.45, 2.75) is 13.0 Å². The van der Waals surface area contributed by atoms with Gasteiger partial charge >= 0.3 is 0 Å². The minimum atomic E-state index is -0.517. The van der Waals surface area contributed by atoms with E-state index >= 15 is 0 Å². The number of rotatable bonds is 2. The van der Waals surface area contributed by atoms with Gasteiger partial charge in [-0.1, -0.05) is 0 Å². The first-order valence-electron chi connectivity index (χ1n) is 4.72. The van der Waals surface area contributed by atoms with Gasteiger partial charge in [-0.15, -0.1) is 0 Å². The van der Waals surface area contributed by atoms with E-state index in [-0.39, 0.29) is 18.2 Å². The number of nitrogens with one attached hydrogen (secondary N) is 3. The summed E-state index contributed by atoms with van der Waals surface area (Å²) >= 11 is 0. The van der Waals surface area contributed by atoms with Crippen LogP contribution in [0.25, 0.3) is 0 Å². The number of Topliss-reactive ketones (excluding diaryl/α,β-unsaturated/α-hetero) is 1. The zero-order valence-corrected chi connectivity index (χ0v) is 8.33. The molecule has 1 aliphatic rings. The molecule has 0 aromatic carbocycles. The van der Waals surface area contributed by atoms with E-state index in [0.29, 0.717) is 12.4 Å². The Bertz CT molecular complexity index is 399. The molecule has 3 N–H and O–H groups in total. The van der Waals surface area contributed by atoms with Crippen LogP contribution in [0.1, 0.15) is 16.3 Å². The summed E-state index contributed by atoms with van der Waals surface area (Å²) in [6.45, 7) is 2.53. The SMILES string of the molecule is Cc1cnc(C(=O)C2CNCC(=O)N2)[nH]1. The lowest BCUT2D eigenvalue weighted by molar-refractivity contribution is -0.121. The van der Waals surface area contributed by atoms with E-state index in [1.54, 1.807) is 6.20 Å². The van der Waals surface area contributed by atoms with E-state index < -0.39 is 6.04 Å². The van der Waals surface area contributed by atoms with Gasteiger partial charge in [0.2, 0.25) is 11.7 Å². The van der Waals surface area contributed by atoms with E-state index in [1.807, 2.05) is 6.92 Å². The number of aryl methyl sites for hydroxylation is 1. The molecule has 1 saturated heterocycles. The molecule has 1 amide bonds. The van der Waals surface area contributed by atoms with Crippen LogP contribution in [0.3, 0.4) is 0 Å². The summed E-state index contributed by atoms with van der Waals surface area (Å²) in [4.78, 5) is 29.6. The molecule has 2 heterocycles. The molecule has 6 heteroatoms. The molecule has 2 rings (SSSR count). The van der Waals surface area contributed by atoms with Gasteiger partial charge in [0.25, 0.3) is 0 Å². The zero-order chi connectivity index (χ0) is 10.8. The lowest BCUT2D eigenvalue weighted by Gasteiger charge is -2.21. The second kappa shape index (κ2) is 3.82. The first-order chi connectivity index (χ1) is 7.16. The molecule has 1 atom stereocenters. The van der Waals surface area contributed by atoms with Crippen molar-refractivity contribution < 1.29 is 9.59 Å². The molecule has 15 heavy (non-hydrogen) atoms. The van der Waals surface area contributed by atoms with Gasteiger partial charge in [0.15, 0.2) is 5.82 Å². The Morgan fingerprint density at radius 2 is 2.40 bits per heavy atom. The summed E-state index contributed by atoms with van der Waals surface area (Å²) in [5, 5.41) is 5.48. The van der Waals surface area contributed by atoms with Crippen LogP contribution in [0.2, 0.25) is 0 Å². The standard InChI is InChI=1S/C9H12N4O2/c1-5-2-11-9(12-5)8(15)6-3-10-4-7(14)13-6/h2,6,10H,3-4H2,1H3,(H,11,12)(H,13,14). The van der Waals surface area contributed by atoms with Crippen molar-refractivity contribution in [3.8, 4) is 0 Å². The van der Waals surface area contributed by atoms with Gasteiger partial charge in [0, 0.05) is 18.4 Å². The topological polar surface area (TPSA) is 86.9 Å². The molecule has 1 aromatic rings. The van der Waals surface area contributed by atoms with E-state index in [4.69, 9.17) is 0 Å². The smallest absolute Gasteiger partial charge is 0.234 e. The maximum Gasteiger partial charge on any atom is 0.234 e. The summed E-state index contributed by atoms with van der Waals surface area (Å²) in [5.74, 6) is -0.0620. The average molecular weight is 208 g/mol. The number of nitrogens with zero attached hydrogens (tertiary/aromatic N) is 1. The third-order valence-electron chi connectivity index (χ3n) is 2.22. The lowest BCUT2D eigenvalue weighted by atomic mass is 10.1. The number of amides is 1. The number of imidazole rings is 1. The summed E-state index contributed by atoms with van der Waals surface area (Å²) in [5.41, 5.74) is 0.827. The highest BCUT2D eigenvalue weighted by atomic mass is 16.2. The number of piperazine rings is 1. The molecule has 0 aliphatic carbocycles. The Kier molecular flexibility index (Phi) is 2.51. The first kappa shape index (κ1) is 9.85. The van der Waals surface area contributed by atoms with Gasteiger partial charge in [0.05, 0.1) is 6.54 Å². The molecule has 6 nitrogen and oxygen atoms in total. The molecule has 0 bridgehead atoms. The summed E-state index contributed by atoms with van der Waals surface area (Å²) in [6.07, 6.45) is 1.59. The molecule has 0 saturated carbocycles. The van der Waals surface area contributed by atoms with E-state index in [1.165, 1.54) is 0 Å². The number of hydrogen-bond acceptors (Lipinski definition) is 4. The second-order valence-electron chi connectivity index (χ2n) is 3.53. The highest BCUT2D eigenvalue weighted by Crippen LogP contribution is 2.01. The van der Waals surface area contributed by atoms with Crippen LogP contribution in [-0.4, -0.2) is 40.8 Å². The van der Waals surface area contributed by atoms with Gasteiger partial charge in [0.1, 0.15) is 6.04 Å². The number of aromatic nitrogens is 2. The fourth-order valence-electron chi connectivity index (χ4n) is 1.49. The lowest BCUT2D eigenvalue weighted by Crippen LogP contribution is -2.55. The molecular formula is C9H12N4O2. The predicted octanol–water partition coefficient (Wildman–Crippen LogP) is -1.01. The van der Waals surface area contributed by atoms with Crippen molar-refractivity contribution in [3.05, 3.63) is 17.7 Å². The van der Waals surface area contributed by atoms with Crippen LogP contribution < -0.4 is 10.6 Å². The van der Waals surface area contributed by atoms with Gasteiger partial charge in [-0.3, -0.25) is 9.59 Å².